The Morgan fingerprint density at radius 1 is 1.24 bits per heavy atom. The summed E-state index contributed by atoms with van der Waals surface area (Å²) in [5.74, 6) is 1.26. The van der Waals surface area contributed by atoms with Gasteiger partial charge in [-0.3, -0.25) is 0 Å². The number of hydrogen-bond donors (Lipinski definition) is 1. The summed E-state index contributed by atoms with van der Waals surface area (Å²) in [4.78, 5) is 8.14. The highest BCUT2D eigenvalue weighted by atomic mass is 32.2. The molecule has 0 saturated carbocycles. The topological polar surface area (TPSA) is 61.0 Å². The number of rotatable bonds is 3. The van der Waals surface area contributed by atoms with Gasteiger partial charge in [-0.15, -0.1) is 11.8 Å². The van der Waals surface area contributed by atoms with E-state index in [1.165, 1.54) is 6.33 Å². The Hall–Kier alpha value is -1.75. The van der Waals surface area contributed by atoms with Crippen molar-refractivity contribution in [3.63, 3.8) is 0 Å². The number of nitrogens with two attached hydrogens (primary N) is 1. The summed E-state index contributed by atoms with van der Waals surface area (Å²) in [5, 5.41) is 0.877. The number of benzene rings is 1. The van der Waals surface area contributed by atoms with Crippen molar-refractivity contribution >= 4 is 17.4 Å². The minimum Gasteiger partial charge on any atom is -0.439 e. The molecule has 88 valence electrons. The lowest BCUT2D eigenvalue weighted by atomic mass is 10.2. The van der Waals surface area contributed by atoms with Crippen molar-refractivity contribution in [3.05, 3.63) is 36.2 Å². The van der Waals surface area contributed by atoms with Crippen LogP contribution in [0.15, 0.2) is 35.6 Å². The predicted octanol–water partition coefficient (Wildman–Crippen LogP) is 2.88. The van der Waals surface area contributed by atoms with Gasteiger partial charge in [0.05, 0.1) is 0 Å². The molecule has 0 saturated heterocycles. The fourth-order valence-electron chi connectivity index (χ4n) is 1.32. The number of ether oxygens (including phenoxy) is 1. The van der Waals surface area contributed by atoms with Crippen LogP contribution in [0.25, 0.3) is 0 Å². The Balaban J connectivity index is 2.22. The van der Waals surface area contributed by atoms with Crippen LogP contribution in [0.3, 0.4) is 0 Å². The van der Waals surface area contributed by atoms with E-state index < -0.39 is 0 Å². The quantitative estimate of drug-likeness (QED) is 0.513. The van der Waals surface area contributed by atoms with Gasteiger partial charge < -0.3 is 10.5 Å². The Labute approximate surface area is 104 Å². The highest BCUT2D eigenvalue weighted by molar-refractivity contribution is 7.98. The average Bonchev–Trinajstić information content (AvgIpc) is 2.34. The molecular weight excluding hydrogens is 234 g/mol. The van der Waals surface area contributed by atoms with Crippen LogP contribution in [0.2, 0.25) is 0 Å². The first kappa shape index (κ1) is 11.7. The van der Waals surface area contributed by atoms with E-state index in [1.54, 1.807) is 17.8 Å². The van der Waals surface area contributed by atoms with Crippen molar-refractivity contribution < 1.29 is 4.74 Å². The lowest BCUT2D eigenvalue weighted by molar-refractivity contribution is 0.458. The first-order valence-electron chi connectivity index (χ1n) is 5.09. The summed E-state index contributed by atoms with van der Waals surface area (Å²) in [5.41, 5.74) is 7.49. The molecule has 0 aliphatic carbocycles. The van der Waals surface area contributed by atoms with Gasteiger partial charge in [0.1, 0.15) is 17.1 Å². The van der Waals surface area contributed by atoms with Crippen molar-refractivity contribution in [2.45, 2.75) is 11.9 Å². The Morgan fingerprint density at radius 3 is 2.76 bits per heavy atom. The molecule has 1 aromatic carbocycles. The highest BCUT2D eigenvalue weighted by Crippen LogP contribution is 2.24. The minimum absolute atomic E-state index is 0.536. The molecule has 0 atom stereocenters. The fourth-order valence-corrected chi connectivity index (χ4v) is 1.69. The number of hydrogen-bond acceptors (Lipinski definition) is 5. The van der Waals surface area contributed by atoms with Gasteiger partial charge in [0.15, 0.2) is 0 Å². The standard InChI is InChI=1S/C12H13N3OS/c1-8-5-9(3-4-10(8)13)16-11-6-12(17-2)15-7-14-11/h3-7H,13H2,1-2H3. The molecule has 2 aromatic rings. The van der Waals surface area contributed by atoms with Gasteiger partial charge in [-0.05, 0) is 36.9 Å². The third-order valence-corrected chi connectivity index (χ3v) is 2.93. The van der Waals surface area contributed by atoms with Crippen LogP contribution in [0.1, 0.15) is 5.56 Å². The van der Waals surface area contributed by atoms with Crippen LogP contribution < -0.4 is 10.5 Å². The summed E-state index contributed by atoms with van der Waals surface area (Å²) in [6.07, 6.45) is 3.45. The van der Waals surface area contributed by atoms with E-state index in [-0.39, 0.29) is 0 Å². The molecule has 1 heterocycles. The van der Waals surface area contributed by atoms with Crippen molar-refractivity contribution in [3.8, 4) is 11.6 Å². The van der Waals surface area contributed by atoms with E-state index >= 15 is 0 Å². The van der Waals surface area contributed by atoms with Gasteiger partial charge in [0, 0.05) is 11.8 Å². The van der Waals surface area contributed by atoms with Gasteiger partial charge in [-0.25, -0.2) is 9.97 Å². The van der Waals surface area contributed by atoms with E-state index in [1.807, 2.05) is 31.4 Å². The summed E-state index contributed by atoms with van der Waals surface area (Å²) in [6, 6.07) is 7.33. The van der Waals surface area contributed by atoms with Crippen LogP contribution >= 0.6 is 11.8 Å². The molecule has 0 aliphatic heterocycles. The number of aromatic nitrogens is 2. The molecule has 0 fully saturated rings. The second-order valence-electron chi connectivity index (χ2n) is 3.52. The van der Waals surface area contributed by atoms with Crippen LogP contribution in [0, 0.1) is 6.92 Å². The number of anilines is 1. The molecule has 0 spiro atoms. The normalized spacial score (nSPS) is 10.2. The van der Waals surface area contributed by atoms with Crippen molar-refractivity contribution in [2.75, 3.05) is 12.0 Å². The van der Waals surface area contributed by atoms with Crippen molar-refractivity contribution in [1.29, 1.82) is 0 Å². The molecule has 5 heteroatoms. The van der Waals surface area contributed by atoms with E-state index in [4.69, 9.17) is 10.5 Å². The molecule has 0 amide bonds. The zero-order valence-corrected chi connectivity index (χ0v) is 10.5. The molecule has 0 bridgehead atoms. The van der Waals surface area contributed by atoms with Gasteiger partial charge in [-0.2, -0.15) is 0 Å². The Kier molecular flexibility index (Phi) is 3.49. The first-order valence-corrected chi connectivity index (χ1v) is 6.31. The van der Waals surface area contributed by atoms with Gasteiger partial charge in [0.25, 0.3) is 0 Å². The number of thioether (sulfide) groups is 1. The van der Waals surface area contributed by atoms with Crippen LogP contribution in [-0.4, -0.2) is 16.2 Å². The van der Waals surface area contributed by atoms with Crippen LogP contribution in [-0.2, 0) is 0 Å². The van der Waals surface area contributed by atoms with E-state index in [0.717, 1.165) is 22.0 Å². The number of aryl methyl sites for hydroxylation is 1. The first-order chi connectivity index (χ1) is 8.19. The van der Waals surface area contributed by atoms with E-state index in [2.05, 4.69) is 9.97 Å². The summed E-state index contributed by atoms with van der Waals surface area (Å²) in [7, 11) is 0. The van der Waals surface area contributed by atoms with Gasteiger partial charge >= 0.3 is 0 Å². The molecule has 17 heavy (non-hydrogen) atoms. The Morgan fingerprint density at radius 2 is 2.06 bits per heavy atom. The second kappa shape index (κ2) is 5.05. The molecule has 2 rings (SSSR count). The average molecular weight is 247 g/mol. The zero-order chi connectivity index (χ0) is 12.3. The van der Waals surface area contributed by atoms with Crippen molar-refractivity contribution in [1.82, 2.24) is 9.97 Å². The Bertz CT molecular complexity index is 531. The van der Waals surface area contributed by atoms with Gasteiger partial charge in [0.2, 0.25) is 5.88 Å². The van der Waals surface area contributed by atoms with Crippen molar-refractivity contribution in [2.24, 2.45) is 0 Å². The highest BCUT2D eigenvalue weighted by Gasteiger charge is 2.02. The second-order valence-corrected chi connectivity index (χ2v) is 4.35. The smallest absolute Gasteiger partial charge is 0.223 e. The molecular formula is C12H13N3OS. The van der Waals surface area contributed by atoms with Crippen LogP contribution in [0.4, 0.5) is 5.69 Å². The van der Waals surface area contributed by atoms with Crippen LogP contribution in [0.5, 0.6) is 11.6 Å². The molecule has 0 unspecified atom stereocenters. The predicted molar refractivity (Wildman–Crippen MR) is 69.5 cm³/mol. The summed E-state index contributed by atoms with van der Waals surface area (Å²) < 4.78 is 5.64. The maximum atomic E-state index is 5.74. The summed E-state index contributed by atoms with van der Waals surface area (Å²) in [6.45, 7) is 1.94. The molecule has 0 radical (unpaired) electrons. The largest absolute Gasteiger partial charge is 0.439 e. The lowest BCUT2D eigenvalue weighted by Crippen LogP contribution is -1.93. The minimum atomic E-state index is 0.536. The maximum Gasteiger partial charge on any atom is 0.223 e. The fraction of sp³-hybridized carbons (Fsp3) is 0.167. The number of nitrogens with zero attached hydrogens (tertiary/aromatic N) is 2. The third kappa shape index (κ3) is 2.88. The van der Waals surface area contributed by atoms with E-state index in [0.29, 0.717) is 5.88 Å². The zero-order valence-electron chi connectivity index (χ0n) is 9.68. The third-order valence-electron chi connectivity index (χ3n) is 2.29. The maximum absolute atomic E-state index is 5.74. The molecule has 4 nitrogen and oxygen atoms in total. The van der Waals surface area contributed by atoms with Gasteiger partial charge in [-0.1, -0.05) is 0 Å². The lowest BCUT2D eigenvalue weighted by Gasteiger charge is -2.07. The summed E-state index contributed by atoms with van der Waals surface area (Å²) >= 11 is 1.55. The molecule has 0 aliphatic rings. The SMILES string of the molecule is CSc1cc(Oc2ccc(N)c(C)c2)ncn1. The molecule has 2 N–H and O–H groups in total. The van der Waals surface area contributed by atoms with E-state index in [9.17, 15) is 0 Å². The molecule has 1 aromatic heterocycles. The monoisotopic (exact) mass is 247 g/mol. The number of nitrogen functional groups attached to an aromatic ring is 1.